The minimum atomic E-state index is 0.637. The minimum absolute atomic E-state index is 0.637. The Labute approximate surface area is 138 Å². The van der Waals surface area contributed by atoms with E-state index >= 15 is 0 Å². The smallest absolute Gasteiger partial charge is 0.0498 e. The van der Waals surface area contributed by atoms with Crippen LogP contribution >= 0.6 is 0 Å². The second-order valence-electron chi connectivity index (χ2n) is 7.33. The van der Waals surface area contributed by atoms with Crippen molar-refractivity contribution in [3.63, 3.8) is 0 Å². The molecule has 4 aliphatic rings. The van der Waals surface area contributed by atoms with Crippen LogP contribution in [0.25, 0.3) is 0 Å². The first-order chi connectivity index (χ1) is 11.4. The molecule has 4 aliphatic heterocycles. The maximum Gasteiger partial charge on any atom is 0.0498 e. The van der Waals surface area contributed by atoms with E-state index in [1.807, 2.05) is 0 Å². The molecule has 1 atom stereocenters. The maximum atomic E-state index is 2.70. The molecule has 0 unspecified atom stereocenters. The van der Waals surface area contributed by atoms with Crippen molar-refractivity contribution in [2.45, 2.75) is 31.7 Å². The number of anilines is 2. The quantitative estimate of drug-likeness (QED) is 0.785. The van der Waals surface area contributed by atoms with E-state index in [0.717, 1.165) is 18.8 Å². The van der Waals surface area contributed by atoms with Gasteiger partial charge in [-0.1, -0.05) is 36.4 Å². The third kappa shape index (κ3) is 2.20. The number of aryl methyl sites for hydroxylation is 2. The number of piperidine rings is 3. The first-order valence-corrected chi connectivity index (χ1v) is 9.07. The van der Waals surface area contributed by atoms with Crippen LogP contribution in [0.2, 0.25) is 0 Å². The van der Waals surface area contributed by atoms with Crippen molar-refractivity contribution >= 4 is 11.4 Å². The molecule has 0 spiro atoms. The van der Waals surface area contributed by atoms with Gasteiger partial charge < -0.3 is 9.80 Å². The van der Waals surface area contributed by atoms with E-state index in [4.69, 9.17) is 0 Å². The van der Waals surface area contributed by atoms with E-state index in [1.165, 1.54) is 55.0 Å². The van der Waals surface area contributed by atoms with Crippen LogP contribution in [0.1, 0.15) is 24.0 Å². The molecule has 2 bridgehead atoms. The summed E-state index contributed by atoms with van der Waals surface area (Å²) in [5.41, 5.74) is 5.94. The zero-order valence-corrected chi connectivity index (χ0v) is 13.6. The fraction of sp³-hybridized carbons (Fsp3) is 0.429. The van der Waals surface area contributed by atoms with Crippen molar-refractivity contribution in [1.29, 1.82) is 0 Å². The second-order valence-corrected chi connectivity index (χ2v) is 7.33. The van der Waals surface area contributed by atoms with Gasteiger partial charge in [-0.3, -0.25) is 0 Å². The lowest BCUT2D eigenvalue weighted by molar-refractivity contribution is 0.0894. The normalized spacial score (nSPS) is 28.9. The van der Waals surface area contributed by atoms with Crippen LogP contribution in [0.4, 0.5) is 11.4 Å². The highest BCUT2D eigenvalue weighted by Crippen LogP contribution is 2.42. The van der Waals surface area contributed by atoms with Crippen LogP contribution in [0, 0.1) is 5.92 Å². The largest absolute Gasteiger partial charge is 0.336 e. The van der Waals surface area contributed by atoms with Gasteiger partial charge in [-0.25, -0.2) is 0 Å². The van der Waals surface area contributed by atoms with Gasteiger partial charge in [0.2, 0.25) is 0 Å². The van der Waals surface area contributed by atoms with Gasteiger partial charge in [0, 0.05) is 24.0 Å². The molecule has 23 heavy (non-hydrogen) atoms. The van der Waals surface area contributed by atoms with Crippen molar-refractivity contribution in [3.05, 3.63) is 59.7 Å². The Kier molecular flexibility index (Phi) is 3.19. The van der Waals surface area contributed by atoms with E-state index in [1.54, 1.807) is 0 Å². The monoisotopic (exact) mass is 304 g/mol. The Hall–Kier alpha value is -1.80. The van der Waals surface area contributed by atoms with Crippen molar-refractivity contribution in [2.24, 2.45) is 5.92 Å². The van der Waals surface area contributed by atoms with Gasteiger partial charge in [-0.05, 0) is 68.0 Å². The fourth-order valence-electron chi connectivity index (χ4n) is 4.90. The lowest BCUT2D eigenvalue weighted by Crippen LogP contribution is -2.56. The van der Waals surface area contributed by atoms with Crippen LogP contribution in [-0.4, -0.2) is 30.6 Å². The van der Waals surface area contributed by atoms with Gasteiger partial charge >= 0.3 is 0 Å². The average Bonchev–Trinajstić information content (AvgIpc) is 2.79. The van der Waals surface area contributed by atoms with Crippen molar-refractivity contribution in [3.8, 4) is 0 Å². The van der Waals surface area contributed by atoms with E-state index < -0.39 is 0 Å². The molecule has 4 heterocycles. The van der Waals surface area contributed by atoms with Gasteiger partial charge in [-0.15, -0.1) is 0 Å². The molecule has 0 amide bonds. The molecule has 2 heteroatoms. The molecule has 0 aliphatic carbocycles. The van der Waals surface area contributed by atoms with E-state index in [0.29, 0.717) is 6.04 Å². The van der Waals surface area contributed by atoms with Gasteiger partial charge in [0.25, 0.3) is 0 Å². The predicted octanol–water partition coefficient (Wildman–Crippen LogP) is 4.02. The standard InChI is InChI=1S/C21H24N2/c1-3-7-19-16(5-1)9-10-17-6-2-4-8-20(17)23(19)21-15-22-13-11-18(21)12-14-22/h1-8,18,21H,9-15H2/t21-/m0/s1. The number of rotatable bonds is 1. The number of hydrogen-bond donors (Lipinski definition) is 0. The Morgan fingerprint density at radius 3 is 1.83 bits per heavy atom. The highest BCUT2D eigenvalue weighted by atomic mass is 15.3. The highest BCUT2D eigenvalue weighted by Gasteiger charge is 2.39. The van der Waals surface area contributed by atoms with Gasteiger partial charge in [0.05, 0.1) is 0 Å². The molecule has 0 radical (unpaired) electrons. The lowest BCUT2D eigenvalue weighted by atomic mass is 9.82. The van der Waals surface area contributed by atoms with Crippen molar-refractivity contribution < 1.29 is 0 Å². The van der Waals surface area contributed by atoms with Gasteiger partial charge in [0.1, 0.15) is 0 Å². The fourth-order valence-corrected chi connectivity index (χ4v) is 4.90. The molecule has 2 aromatic carbocycles. The molecule has 0 saturated carbocycles. The third-order valence-electron chi connectivity index (χ3n) is 6.12. The van der Waals surface area contributed by atoms with E-state index in [2.05, 4.69) is 58.3 Å². The number of fused-ring (bicyclic) bond motifs is 5. The second kappa shape index (κ2) is 5.38. The van der Waals surface area contributed by atoms with Gasteiger partial charge in [0.15, 0.2) is 0 Å². The Morgan fingerprint density at radius 2 is 1.30 bits per heavy atom. The summed E-state index contributed by atoms with van der Waals surface area (Å²) in [5, 5.41) is 0. The van der Waals surface area contributed by atoms with Crippen LogP contribution in [0.3, 0.4) is 0 Å². The maximum absolute atomic E-state index is 2.70. The number of hydrogen-bond acceptors (Lipinski definition) is 2. The summed E-state index contributed by atoms with van der Waals surface area (Å²) in [6.45, 7) is 3.84. The van der Waals surface area contributed by atoms with Crippen LogP contribution < -0.4 is 4.90 Å². The summed E-state index contributed by atoms with van der Waals surface area (Å²) in [4.78, 5) is 5.37. The zero-order valence-electron chi connectivity index (χ0n) is 13.6. The zero-order chi connectivity index (χ0) is 15.2. The SMILES string of the molecule is c1ccc2c(c1)CCc1ccccc1N2[C@H]1CN2CCC1CC2. The summed E-state index contributed by atoms with van der Waals surface area (Å²) in [5.74, 6) is 0.846. The number of para-hydroxylation sites is 2. The predicted molar refractivity (Wildman–Crippen MR) is 95.4 cm³/mol. The lowest BCUT2D eigenvalue weighted by Gasteiger charge is -2.50. The molecule has 118 valence electrons. The summed E-state index contributed by atoms with van der Waals surface area (Å²) >= 11 is 0. The molecule has 2 aromatic rings. The molecule has 0 aromatic heterocycles. The Morgan fingerprint density at radius 1 is 0.739 bits per heavy atom. The summed E-state index contributed by atoms with van der Waals surface area (Å²) in [7, 11) is 0. The summed E-state index contributed by atoms with van der Waals surface area (Å²) < 4.78 is 0. The molecule has 3 fully saturated rings. The molecular weight excluding hydrogens is 280 g/mol. The first kappa shape index (κ1) is 13.6. The number of nitrogens with zero attached hydrogens (tertiary/aromatic N) is 2. The molecule has 6 rings (SSSR count). The Bertz CT molecular complexity index is 668. The summed E-state index contributed by atoms with van der Waals surface area (Å²) in [6.07, 6.45) is 5.05. The third-order valence-corrected chi connectivity index (χ3v) is 6.12. The van der Waals surface area contributed by atoms with Gasteiger partial charge in [-0.2, -0.15) is 0 Å². The minimum Gasteiger partial charge on any atom is -0.336 e. The van der Waals surface area contributed by atoms with Crippen molar-refractivity contribution in [1.82, 2.24) is 4.90 Å². The average molecular weight is 304 g/mol. The number of benzene rings is 2. The van der Waals surface area contributed by atoms with Crippen LogP contribution in [0.5, 0.6) is 0 Å². The van der Waals surface area contributed by atoms with Crippen molar-refractivity contribution in [2.75, 3.05) is 24.5 Å². The first-order valence-electron chi connectivity index (χ1n) is 9.07. The highest BCUT2D eigenvalue weighted by molar-refractivity contribution is 5.72. The van der Waals surface area contributed by atoms with E-state index in [9.17, 15) is 0 Å². The Balaban J connectivity index is 1.66. The van der Waals surface area contributed by atoms with E-state index in [-0.39, 0.29) is 0 Å². The van der Waals surface area contributed by atoms with Crippen LogP contribution in [0.15, 0.2) is 48.5 Å². The van der Waals surface area contributed by atoms with Crippen LogP contribution in [-0.2, 0) is 12.8 Å². The molecule has 3 saturated heterocycles. The molecule has 0 N–H and O–H groups in total. The summed E-state index contributed by atoms with van der Waals surface area (Å²) in [6, 6.07) is 18.8. The molecule has 2 nitrogen and oxygen atoms in total. The molecular formula is C21H24N2. The topological polar surface area (TPSA) is 6.48 Å².